The second-order valence-electron chi connectivity index (χ2n) is 5.06. The molecular formula is C16H18BrClN2. The van der Waals surface area contributed by atoms with Gasteiger partial charge in [0, 0.05) is 9.50 Å². The van der Waals surface area contributed by atoms with Crippen molar-refractivity contribution in [3.05, 3.63) is 67.6 Å². The number of hydrogen-bond acceptors (Lipinski definition) is 2. The van der Waals surface area contributed by atoms with Gasteiger partial charge in [0.25, 0.3) is 0 Å². The van der Waals surface area contributed by atoms with E-state index in [1.54, 1.807) is 0 Å². The smallest absolute Gasteiger partial charge is 0.0723 e. The first-order valence-corrected chi connectivity index (χ1v) is 7.60. The van der Waals surface area contributed by atoms with Gasteiger partial charge >= 0.3 is 0 Å². The summed E-state index contributed by atoms with van der Waals surface area (Å²) in [6.45, 7) is 6.34. The molecule has 2 nitrogen and oxygen atoms in total. The third kappa shape index (κ3) is 3.07. The summed E-state index contributed by atoms with van der Waals surface area (Å²) in [7, 11) is 0. The molecule has 1 unspecified atom stereocenters. The minimum Gasteiger partial charge on any atom is -0.271 e. The van der Waals surface area contributed by atoms with Crippen LogP contribution < -0.4 is 11.3 Å². The monoisotopic (exact) mass is 352 g/mol. The first kappa shape index (κ1) is 15.5. The van der Waals surface area contributed by atoms with Crippen LogP contribution >= 0.6 is 27.5 Å². The van der Waals surface area contributed by atoms with E-state index in [2.05, 4.69) is 54.3 Å². The van der Waals surface area contributed by atoms with E-state index in [9.17, 15) is 0 Å². The van der Waals surface area contributed by atoms with Gasteiger partial charge in [-0.15, -0.1) is 0 Å². The predicted molar refractivity (Wildman–Crippen MR) is 89.0 cm³/mol. The third-order valence-electron chi connectivity index (χ3n) is 3.63. The Balaban J connectivity index is 2.55. The Morgan fingerprint density at radius 1 is 1.00 bits per heavy atom. The average Bonchev–Trinajstić information content (AvgIpc) is 2.38. The van der Waals surface area contributed by atoms with Gasteiger partial charge in [-0.3, -0.25) is 5.84 Å². The first-order chi connectivity index (χ1) is 9.43. The molecule has 0 radical (unpaired) electrons. The highest BCUT2D eigenvalue weighted by atomic mass is 79.9. The van der Waals surface area contributed by atoms with Crippen molar-refractivity contribution in [2.45, 2.75) is 26.8 Å². The number of hydrazine groups is 1. The molecule has 0 heterocycles. The minimum atomic E-state index is -0.0686. The molecule has 0 aromatic heterocycles. The van der Waals surface area contributed by atoms with E-state index in [-0.39, 0.29) is 6.04 Å². The van der Waals surface area contributed by atoms with Crippen molar-refractivity contribution in [3.8, 4) is 0 Å². The number of rotatable bonds is 3. The van der Waals surface area contributed by atoms with E-state index in [1.165, 1.54) is 22.3 Å². The van der Waals surface area contributed by atoms with Crippen LogP contribution in [-0.2, 0) is 0 Å². The minimum absolute atomic E-state index is 0.0686. The zero-order valence-electron chi connectivity index (χ0n) is 11.8. The Bertz CT molecular complexity index is 641. The summed E-state index contributed by atoms with van der Waals surface area (Å²) in [5.74, 6) is 5.80. The first-order valence-electron chi connectivity index (χ1n) is 6.43. The number of benzene rings is 2. The molecule has 0 aliphatic carbocycles. The molecule has 2 aromatic rings. The highest BCUT2D eigenvalue weighted by Crippen LogP contribution is 2.32. The lowest BCUT2D eigenvalue weighted by molar-refractivity contribution is 0.631. The molecule has 0 aliphatic rings. The van der Waals surface area contributed by atoms with Gasteiger partial charge in [0.05, 0.1) is 6.04 Å². The molecule has 0 saturated carbocycles. The standard InChI is InChI=1S/C16H18BrClN2/c1-9-6-11(3)14(7-10(9)2)16(20-19)13-5-4-12(18)8-15(13)17/h4-8,16,20H,19H2,1-3H3. The second-order valence-corrected chi connectivity index (χ2v) is 6.35. The number of halogens is 2. The molecule has 1 atom stereocenters. The lowest BCUT2D eigenvalue weighted by Gasteiger charge is -2.22. The van der Waals surface area contributed by atoms with E-state index in [0.29, 0.717) is 5.02 Å². The molecule has 0 fully saturated rings. The van der Waals surface area contributed by atoms with Gasteiger partial charge in [0.2, 0.25) is 0 Å². The number of aryl methyl sites for hydroxylation is 3. The average molecular weight is 354 g/mol. The molecule has 3 N–H and O–H groups in total. The van der Waals surface area contributed by atoms with Crippen molar-refractivity contribution in [3.63, 3.8) is 0 Å². The number of nitrogens with two attached hydrogens (primary N) is 1. The van der Waals surface area contributed by atoms with Crippen LogP contribution in [0, 0.1) is 20.8 Å². The fourth-order valence-corrected chi connectivity index (χ4v) is 3.29. The van der Waals surface area contributed by atoms with Crippen LogP contribution in [-0.4, -0.2) is 0 Å². The van der Waals surface area contributed by atoms with E-state index in [4.69, 9.17) is 17.4 Å². The van der Waals surface area contributed by atoms with Gasteiger partial charge in [-0.25, -0.2) is 5.43 Å². The van der Waals surface area contributed by atoms with Gasteiger partial charge in [-0.05, 0) is 60.7 Å². The molecule has 0 saturated heterocycles. The normalized spacial score (nSPS) is 12.5. The summed E-state index contributed by atoms with van der Waals surface area (Å²) in [4.78, 5) is 0. The largest absolute Gasteiger partial charge is 0.271 e. The van der Waals surface area contributed by atoms with Crippen molar-refractivity contribution in [1.29, 1.82) is 0 Å². The maximum Gasteiger partial charge on any atom is 0.0723 e. The van der Waals surface area contributed by atoms with Gasteiger partial charge in [0.15, 0.2) is 0 Å². The van der Waals surface area contributed by atoms with Gasteiger partial charge in [-0.1, -0.05) is 45.7 Å². The third-order valence-corrected chi connectivity index (χ3v) is 4.56. The quantitative estimate of drug-likeness (QED) is 0.626. The van der Waals surface area contributed by atoms with E-state index in [0.717, 1.165) is 10.0 Å². The lowest BCUT2D eigenvalue weighted by Crippen LogP contribution is -2.29. The van der Waals surface area contributed by atoms with Crippen LogP contribution in [0.2, 0.25) is 5.02 Å². The van der Waals surface area contributed by atoms with E-state index in [1.807, 2.05) is 18.2 Å². The van der Waals surface area contributed by atoms with Gasteiger partial charge in [-0.2, -0.15) is 0 Å². The van der Waals surface area contributed by atoms with Crippen molar-refractivity contribution in [2.24, 2.45) is 5.84 Å². The maximum atomic E-state index is 6.01. The fourth-order valence-electron chi connectivity index (χ4n) is 2.38. The molecule has 0 amide bonds. The molecule has 4 heteroatoms. The summed E-state index contributed by atoms with van der Waals surface area (Å²) in [6, 6.07) is 10.1. The van der Waals surface area contributed by atoms with E-state index >= 15 is 0 Å². The van der Waals surface area contributed by atoms with Crippen molar-refractivity contribution in [1.82, 2.24) is 5.43 Å². The Morgan fingerprint density at radius 2 is 1.65 bits per heavy atom. The van der Waals surface area contributed by atoms with Crippen LogP contribution in [0.4, 0.5) is 0 Å². The maximum absolute atomic E-state index is 6.01. The van der Waals surface area contributed by atoms with Crippen molar-refractivity contribution in [2.75, 3.05) is 0 Å². The van der Waals surface area contributed by atoms with Crippen LogP contribution in [0.5, 0.6) is 0 Å². The molecule has 0 aliphatic heterocycles. The molecular weight excluding hydrogens is 336 g/mol. The Hall–Kier alpha value is -0.870. The second kappa shape index (κ2) is 6.27. The van der Waals surface area contributed by atoms with Gasteiger partial charge in [0.1, 0.15) is 0 Å². The predicted octanol–water partition coefficient (Wildman–Crippen LogP) is 4.58. The molecule has 0 bridgehead atoms. The van der Waals surface area contributed by atoms with Crippen LogP contribution in [0.25, 0.3) is 0 Å². The van der Waals surface area contributed by atoms with Gasteiger partial charge < -0.3 is 0 Å². The topological polar surface area (TPSA) is 38.0 Å². The summed E-state index contributed by atoms with van der Waals surface area (Å²) in [6.07, 6.45) is 0. The lowest BCUT2D eigenvalue weighted by atomic mass is 9.92. The zero-order valence-corrected chi connectivity index (χ0v) is 14.1. The Kier molecular flexibility index (Phi) is 4.86. The van der Waals surface area contributed by atoms with Crippen LogP contribution in [0.15, 0.2) is 34.8 Å². The molecule has 20 heavy (non-hydrogen) atoms. The Morgan fingerprint density at radius 3 is 2.25 bits per heavy atom. The fraction of sp³-hybridized carbons (Fsp3) is 0.250. The summed E-state index contributed by atoms with van der Waals surface area (Å²) in [5.41, 5.74) is 8.93. The zero-order chi connectivity index (χ0) is 14.9. The SMILES string of the molecule is Cc1cc(C)c(C(NN)c2ccc(Cl)cc2Br)cc1C. The van der Waals surface area contributed by atoms with E-state index < -0.39 is 0 Å². The summed E-state index contributed by atoms with van der Waals surface area (Å²) >= 11 is 9.57. The van der Waals surface area contributed by atoms with Crippen LogP contribution in [0.1, 0.15) is 33.9 Å². The summed E-state index contributed by atoms with van der Waals surface area (Å²) < 4.78 is 0.950. The molecule has 106 valence electrons. The highest BCUT2D eigenvalue weighted by molar-refractivity contribution is 9.10. The molecule has 0 spiro atoms. The highest BCUT2D eigenvalue weighted by Gasteiger charge is 2.18. The molecule has 2 aromatic carbocycles. The van der Waals surface area contributed by atoms with Crippen molar-refractivity contribution >= 4 is 27.5 Å². The van der Waals surface area contributed by atoms with Crippen LogP contribution in [0.3, 0.4) is 0 Å². The Labute approximate surface area is 133 Å². The number of nitrogens with one attached hydrogen (secondary N) is 1. The van der Waals surface area contributed by atoms with Crippen molar-refractivity contribution < 1.29 is 0 Å². The summed E-state index contributed by atoms with van der Waals surface area (Å²) in [5, 5.41) is 0.702. The number of hydrogen-bond donors (Lipinski definition) is 2. The molecule has 2 rings (SSSR count).